The van der Waals surface area contributed by atoms with Crippen molar-refractivity contribution in [1.29, 1.82) is 15.8 Å². The van der Waals surface area contributed by atoms with E-state index in [1.54, 1.807) is 24.4 Å². The quantitative estimate of drug-likeness (QED) is 0.592. The fourth-order valence-corrected chi connectivity index (χ4v) is 2.54. The molecule has 0 heterocycles. The van der Waals surface area contributed by atoms with E-state index in [1.807, 2.05) is 30.5 Å². The molecule has 5 heteroatoms. The first-order valence-corrected chi connectivity index (χ1v) is 6.38. The Hall–Kier alpha value is -3.75. The van der Waals surface area contributed by atoms with Gasteiger partial charge in [-0.25, -0.2) is 0 Å². The van der Waals surface area contributed by atoms with Gasteiger partial charge in [0, 0.05) is 22.3 Å². The molecular weight excluding hydrogens is 274 g/mol. The van der Waals surface area contributed by atoms with Crippen molar-refractivity contribution in [2.45, 2.75) is 0 Å². The van der Waals surface area contributed by atoms with Gasteiger partial charge in [-0.15, -0.1) is 0 Å². The van der Waals surface area contributed by atoms with E-state index in [-0.39, 0.29) is 0 Å². The lowest BCUT2D eigenvalue weighted by molar-refractivity contribution is 1.37. The Morgan fingerprint density at radius 1 is 0.682 bits per heavy atom. The molecule has 0 bridgehead atoms. The first-order valence-electron chi connectivity index (χ1n) is 6.38. The molecule has 2 aromatic rings. The predicted octanol–water partition coefficient (Wildman–Crippen LogP) is 2.51. The first kappa shape index (κ1) is 13.2. The third kappa shape index (κ3) is 1.93. The summed E-state index contributed by atoms with van der Waals surface area (Å²) in [5.74, 6) is 0. The summed E-state index contributed by atoms with van der Waals surface area (Å²) in [7, 11) is 0. The third-order valence-electron chi connectivity index (χ3n) is 3.42. The van der Waals surface area contributed by atoms with E-state index in [1.165, 1.54) is 0 Å². The van der Waals surface area contributed by atoms with Crippen LogP contribution in [0.4, 0.5) is 0 Å². The molecule has 0 amide bonds. The second-order valence-corrected chi connectivity index (χ2v) is 4.54. The molecular formula is C17H7N5. The lowest BCUT2D eigenvalue weighted by Crippen LogP contribution is -2.22. The summed E-state index contributed by atoms with van der Waals surface area (Å²) >= 11 is 0. The Morgan fingerprint density at radius 3 is 1.77 bits per heavy atom. The molecule has 0 aromatic heterocycles. The Morgan fingerprint density at radius 2 is 1.23 bits per heavy atom. The summed E-state index contributed by atoms with van der Waals surface area (Å²) < 4.78 is 0. The monoisotopic (exact) mass is 281 g/mol. The molecule has 0 aliphatic heterocycles. The van der Waals surface area contributed by atoms with Gasteiger partial charge in [0.05, 0.1) is 23.1 Å². The Kier molecular flexibility index (Phi) is 3.20. The summed E-state index contributed by atoms with van der Waals surface area (Å²) in [5, 5.41) is 27.0. The van der Waals surface area contributed by atoms with Gasteiger partial charge in [0.1, 0.15) is 0 Å². The van der Waals surface area contributed by atoms with Crippen molar-refractivity contribution in [3.05, 3.63) is 70.3 Å². The molecule has 5 nitrogen and oxygen atoms in total. The summed E-state index contributed by atoms with van der Waals surface area (Å²) in [5.41, 5.74) is 4.26. The van der Waals surface area contributed by atoms with Crippen molar-refractivity contribution in [1.82, 2.24) is 0 Å². The molecule has 0 radical (unpaired) electrons. The van der Waals surface area contributed by atoms with Gasteiger partial charge in [-0.05, 0) is 12.1 Å². The normalized spacial score (nSPS) is 15.3. The average molecular weight is 281 g/mol. The number of benzene rings is 2. The molecule has 3 rings (SSSR count). The van der Waals surface area contributed by atoms with Crippen LogP contribution < -0.4 is 0 Å². The number of hydrogen-bond donors (Lipinski definition) is 0. The number of hydrogen-bond acceptors (Lipinski definition) is 5. The molecule has 100 valence electrons. The van der Waals surface area contributed by atoms with Gasteiger partial charge in [0.15, 0.2) is 0 Å². The summed E-state index contributed by atoms with van der Waals surface area (Å²) in [4.78, 5) is 7.83. The minimum absolute atomic E-state index is 0.458. The zero-order valence-electron chi connectivity index (χ0n) is 11.3. The minimum atomic E-state index is 0.458. The van der Waals surface area contributed by atoms with Crippen molar-refractivity contribution < 1.29 is 0 Å². The zero-order valence-corrected chi connectivity index (χ0v) is 11.3. The highest BCUT2D eigenvalue weighted by atomic mass is 14.8. The van der Waals surface area contributed by atoms with Gasteiger partial charge in [-0.3, -0.25) is 0 Å². The highest BCUT2D eigenvalue weighted by molar-refractivity contribution is 6.32. The largest absolute Gasteiger partial charge is 0.206 e. The maximum Gasteiger partial charge on any atom is 0.206 e. The number of nitriles is 3. The van der Waals surface area contributed by atoms with Gasteiger partial charge in [0.2, 0.25) is 12.4 Å². The third-order valence-corrected chi connectivity index (χ3v) is 3.42. The number of rotatable bonds is 0. The summed E-state index contributed by atoms with van der Waals surface area (Å²) in [6.45, 7) is 0. The second-order valence-electron chi connectivity index (χ2n) is 4.54. The molecule has 0 saturated heterocycles. The van der Waals surface area contributed by atoms with Crippen LogP contribution >= 0.6 is 0 Å². The maximum absolute atomic E-state index is 9.08. The van der Waals surface area contributed by atoms with Crippen molar-refractivity contribution in [2.24, 2.45) is 9.98 Å². The van der Waals surface area contributed by atoms with Gasteiger partial charge < -0.3 is 0 Å². The SMILES string of the molecule is N#CN=C1c2ccccc2C(=NC#N)c2cc(C#N)ccc21. The summed E-state index contributed by atoms with van der Waals surface area (Å²) in [6, 6.07) is 14.4. The standard InChI is InChI=1S/C17H7N5/c18-8-11-5-6-14-15(7-11)17(22-10-20)13-4-2-1-3-12(13)16(14)21-9-19/h1-7H. The van der Waals surface area contributed by atoms with E-state index in [0.29, 0.717) is 28.1 Å². The molecule has 0 saturated carbocycles. The van der Waals surface area contributed by atoms with E-state index in [2.05, 4.69) is 16.1 Å². The molecule has 1 aliphatic rings. The highest BCUT2D eigenvalue weighted by Crippen LogP contribution is 2.29. The van der Waals surface area contributed by atoms with E-state index >= 15 is 0 Å². The maximum atomic E-state index is 9.08. The van der Waals surface area contributed by atoms with Crippen LogP contribution in [0.25, 0.3) is 0 Å². The molecule has 2 aromatic carbocycles. The lowest BCUT2D eigenvalue weighted by Gasteiger charge is -2.21. The predicted molar refractivity (Wildman–Crippen MR) is 80.1 cm³/mol. The number of aliphatic imine (C=N–C) groups is 2. The van der Waals surface area contributed by atoms with Crippen LogP contribution in [0.15, 0.2) is 52.4 Å². The van der Waals surface area contributed by atoms with E-state index < -0.39 is 0 Å². The zero-order chi connectivity index (χ0) is 15.5. The summed E-state index contributed by atoms with van der Waals surface area (Å²) in [6.07, 6.45) is 3.62. The van der Waals surface area contributed by atoms with Crippen LogP contribution in [0.3, 0.4) is 0 Å². The van der Waals surface area contributed by atoms with E-state index in [0.717, 1.165) is 11.1 Å². The molecule has 0 spiro atoms. The van der Waals surface area contributed by atoms with Crippen LogP contribution in [0.1, 0.15) is 27.8 Å². The van der Waals surface area contributed by atoms with E-state index in [4.69, 9.17) is 15.8 Å². The van der Waals surface area contributed by atoms with Gasteiger partial charge in [-0.1, -0.05) is 30.3 Å². The topological polar surface area (TPSA) is 96.1 Å². The minimum Gasteiger partial charge on any atom is -0.192 e. The van der Waals surface area contributed by atoms with Gasteiger partial charge in [-0.2, -0.15) is 25.8 Å². The van der Waals surface area contributed by atoms with Gasteiger partial charge in [0.25, 0.3) is 0 Å². The Labute approximate surface area is 126 Å². The smallest absolute Gasteiger partial charge is 0.192 e. The number of nitrogens with zero attached hydrogens (tertiary/aromatic N) is 5. The second kappa shape index (κ2) is 5.32. The van der Waals surface area contributed by atoms with Crippen molar-refractivity contribution in [3.63, 3.8) is 0 Å². The van der Waals surface area contributed by atoms with Crippen LogP contribution in [0.5, 0.6) is 0 Å². The fourth-order valence-electron chi connectivity index (χ4n) is 2.54. The highest BCUT2D eigenvalue weighted by Gasteiger charge is 2.27. The van der Waals surface area contributed by atoms with Crippen LogP contribution in [-0.2, 0) is 0 Å². The van der Waals surface area contributed by atoms with Crippen molar-refractivity contribution in [2.75, 3.05) is 0 Å². The van der Waals surface area contributed by atoms with Crippen LogP contribution in [0.2, 0.25) is 0 Å². The molecule has 0 N–H and O–H groups in total. The van der Waals surface area contributed by atoms with Crippen LogP contribution in [-0.4, -0.2) is 11.4 Å². The van der Waals surface area contributed by atoms with E-state index in [9.17, 15) is 0 Å². The van der Waals surface area contributed by atoms with Crippen LogP contribution in [0, 0.1) is 34.2 Å². The molecule has 1 aliphatic carbocycles. The Bertz CT molecular complexity index is 962. The Balaban J connectivity index is 2.43. The molecule has 0 unspecified atom stereocenters. The molecule has 22 heavy (non-hydrogen) atoms. The lowest BCUT2D eigenvalue weighted by atomic mass is 9.82. The fraction of sp³-hybridized carbons (Fsp3) is 0. The van der Waals surface area contributed by atoms with Crippen molar-refractivity contribution >= 4 is 11.4 Å². The first-order chi connectivity index (χ1) is 10.8. The van der Waals surface area contributed by atoms with Crippen molar-refractivity contribution in [3.8, 4) is 18.5 Å². The molecule has 0 fully saturated rings. The number of fused-ring (bicyclic) bond motifs is 2. The molecule has 0 atom stereocenters. The average Bonchev–Trinajstić information content (AvgIpc) is 2.57. The van der Waals surface area contributed by atoms with Gasteiger partial charge >= 0.3 is 0 Å².